The van der Waals surface area contributed by atoms with Gasteiger partial charge in [-0.25, -0.2) is 12.8 Å². The highest BCUT2D eigenvalue weighted by molar-refractivity contribution is 7.99. The van der Waals surface area contributed by atoms with Gasteiger partial charge in [0.05, 0.1) is 17.2 Å². The first-order chi connectivity index (χ1) is 13.8. The fraction of sp³-hybridized carbons (Fsp3) is 0.273. The van der Waals surface area contributed by atoms with Crippen molar-refractivity contribution in [2.75, 3.05) is 24.4 Å². The van der Waals surface area contributed by atoms with Gasteiger partial charge in [0.1, 0.15) is 5.82 Å². The zero-order chi connectivity index (χ0) is 21.0. The van der Waals surface area contributed by atoms with Gasteiger partial charge in [0.25, 0.3) is 0 Å². The van der Waals surface area contributed by atoms with E-state index < -0.39 is 9.84 Å². The predicted molar refractivity (Wildman–Crippen MR) is 117 cm³/mol. The standard InChI is InChI=1S/C22H24FNO3S2/c1-16-18(11-13-28-14-12-25)15-22(24(16)20-7-5-19(23)6-8-20)17-3-9-21(10-4-17)29(2,26)27/h3-10,15,25H,11-14H2,1-2H3. The number of aryl methyl sites for hydroxylation is 1. The van der Waals surface area contributed by atoms with Crippen LogP contribution in [0, 0.1) is 12.7 Å². The minimum atomic E-state index is -3.26. The van der Waals surface area contributed by atoms with Crippen molar-refractivity contribution in [3.05, 3.63) is 71.7 Å². The molecule has 7 heteroatoms. The molecule has 1 heterocycles. The van der Waals surface area contributed by atoms with Gasteiger partial charge in [0.2, 0.25) is 0 Å². The van der Waals surface area contributed by atoms with E-state index in [0.717, 1.165) is 34.8 Å². The van der Waals surface area contributed by atoms with Gasteiger partial charge in [-0.3, -0.25) is 0 Å². The van der Waals surface area contributed by atoms with Gasteiger partial charge in [0, 0.05) is 23.4 Å². The summed E-state index contributed by atoms with van der Waals surface area (Å²) in [6.07, 6.45) is 2.04. The molecule has 3 rings (SSSR count). The van der Waals surface area contributed by atoms with Crippen LogP contribution in [0.25, 0.3) is 16.9 Å². The maximum Gasteiger partial charge on any atom is 0.175 e. The minimum Gasteiger partial charge on any atom is -0.396 e. The number of hydrogen-bond acceptors (Lipinski definition) is 4. The van der Waals surface area contributed by atoms with Gasteiger partial charge in [-0.1, -0.05) is 12.1 Å². The van der Waals surface area contributed by atoms with Crippen molar-refractivity contribution in [1.29, 1.82) is 0 Å². The Hall–Kier alpha value is -2.09. The van der Waals surface area contributed by atoms with Gasteiger partial charge in [-0.05, 0) is 72.7 Å². The Morgan fingerprint density at radius 2 is 1.69 bits per heavy atom. The van der Waals surface area contributed by atoms with Crippen molar-refractivity contribution in [3.8, 4) is 16.9 Å². The molecular weight excluding hydrogens is 409 g/mol. The van der Waals surface area contributed by atoms with Crippen LogP contribution in [0.4, 0.5) is 4.39 Å². The van der Waals surface area contributed by atoms with E-state index in [9.17, 15) is 12.8 Å². The maximum absolute atomic E-state index is 13.4. The molecule has 0 bridgehead atoms. The van der Waals surface area contributed by atoms with Crippen molar-refractivity contribution in [1.82, 2.24) is 4.57 Å². The number of aliphatic hydroxyl groups is 1. The summed E-state index contributed by atoms with van der Waals surface area (Å²) >= 11 is 1.69. The fourth-order valence-corrected chi connectivity index (χ4v) is 4.60. The van der Waals surface area contributed by atoms with E-state index in [1.165, 1.54) is 24.0 Å². The molecule has 1 N–H and O–H groups in total. The molecule has 1 aromatic heterocycles. The maximum atomic E-state index is 13.4. The lowest BCUT2D eigenvalue weighted by molar-refractivity contribution is 0.322. The largest absolute Gasteiger partial charge is 0.396 e. The summed E-state index contributed by atoms with van der Waals surface area (Å²) in [5.41, 5.74) is 4.89. The molecule has 3 aromatic rings. The number of hydrogen-bond donors (Lipinski definition) is 1. The Kier molecular flexibility index (Phi) is 6.82. The third kappa shape index (κ3) is 5.10. The summed E-state index contributed by atoms with van der Waals surface area (Å²) in [6, 6.07) is 15.3. The van der Waals surface area contributed by atoms with Crippen LogP contribution in [-0.2, 0) is 16.3 Å². The Morgan fingerprint density at radius 3 is 2.28 bits per heavy atom. The predicted octanol–water partition coefficient (Wildman–Crippen LogP) is 4.26. The molecule has 0 saturated heterocycles. The van der Waals surface area contributed by atoms with Crippen molar-refractivity contribution in [3.63, 3.8) is 0 Å². The molecule has 0 aliphatic heterocycles. The number of rotatable bonds is 8. The molecule has 0 radical (unpaired) electrons. The second-order valence-electron chi connectivity index (χ2n) is 6.83. The summed E-state index contributed by atoms with van der Waals surface area (Å²) in [7, 11) is -3.26. The first-order valence-corrected chi connectivity index (χ1v) is 12.3. The second-order valence-corrected chi connectivity index (χ2v) is 10.1. The van der Waals surface area contributed by atoms with Gasteiger partial charge in [0.15, 0.2) is 9.84 Å². The number of sulfone groups is 1. The van der Waals surface area contributed by atoms with Crippen LogP contribution in [0.1, 0.15) is 11.3 Å². The van der Waals surface area contributed by atoms with Gasteiger partial charge >= 0.3 is 0 Å². The third-order valence-corrected chi connectivity index (χ3v) is 6.86. The number of benzene rings is 2. The third-order valence-electron chi connectivity index (χ3n) is 4.77. The minimum absolute atomic E-state index is 0.165. The van der Waals surface area contributed by atoms with Crippen LogP contribution in [0.2, 0.25) is 0 Å². The Labute approximate surface area is 175 Å². The first kappa shape index (κ1) is 21.6. The van der Waals surface area contributed by atoms with Crippen LogP contribution in [0.15, 0.2) is 59.5 Å². The molecule has 0 spiro atoms. The number of halogens is 1. The molecular formula is C22H24FNO3S2. The van der Waals surface area contributed by atoms with Crippen LogP contribution in [0.5, 0.6) is 0 Å². The van der Waals surface area contributed by atoms with E-state index in [2.05, 4.69) is 10.6 Å². The molecule has 154 valence electrons. The number of thioether (sulfide) groups is 1. The molecule has 0 aliphatic carbocycles. The Bertz CT molecular complexity index is 1070. The van der Waals surface area contributed by atoms with Crippen molar-refractivity contribution < 1.29 is 17.9 Å². The van der Waals surface area contributed by atoms with E-state index in [4.69, 9.17) is 5.11 Å². The van der Waals surface area contributed by atoms with Crippen LogP contribution < -0.4 is 0 Å². The smallest absolute Gasteiger partial charge is 0.175 e. The lowest BCUT2D eigenvalue weighted by Crippen LogP contribution is -2.01. The number of aliphatic hydroxyl groups excluding tert-OH is 1. The quantitative estimate of drug-likeness (QED) is 0.539. The molecule has 0 unspecified atom stereocenters. The molecule has 2 aromatic carbocycles. The van der Waals surface area contributed by atoms with E-state index in [1.54, 1.807) is 48.2 Å². The monoisotopic (exact) mass is 433 g/mol. The van der Waals surface area contributed by atoms with E-state index in [-0.39, 0.29) is 17.3 Å². The van der Waals surface area contributed by atoms with Crippen LogP contribution in [0.3, 0.4) is 0 Å². The second kappa shape index (κ2) is 9.15. The number of aromatic nitrogens is 1. The highest BCUT2D eigenvalue weighted by Gasteiger charge is 2.16. The van der Waals surface area contributed by atoms with Crippen LogP contribution >= 0.6 is 11.8 Å². The normalized spacial score (nSPS) is 11.7. The van der Waals surface area contributed by atoms with Gasteiger partial charge < -0.3 is 9.67 Å². The summed E-state index contributed by atoms with van der Waals surface area (Å²) in [6.45, 7) is 2.20. The molecule has 29 heavy (non-hydrogen) atoms. The molecule has 0 amide bonds. The van der Waals surface area contributed by atoms with Crippen molar-refractivity contribution in [2.24, 2.45) is 0 Å². The summed E-state index contributed by atoms with van der Waals surface area (Å²) < 4.78 is 39.0. The zero-order valence-corrected chi connectivity index (χ0v) is 18.1. The van der Waals surface area contributed by atoms with Gasteiger partial charge in [-0.15, -0.1) is 0 Å². The average Bonchev–Trinajstić information content (AvgIpc) is 3.02. The lowest BCUT2D eigenvalue weighted by atomic mass is 10.1. The summed E-state index contributed by atoms with van der Waals surface area (Å²) in [4.78, 5) is 0.276. The Morgan fingerprint density at radius 1 is 1.03 bits per heavy atom. The summed E-state index contributed by atoms with van der Waals surface area (Å²) in [5.74, 6) is 1.30. The molecule has 0 saturated carbocycles. The Balaban J connectivity index is 2.05. The summed E-state index contributed by atoms with van der Waals surface area (Å²) in [5, 5.41) is 8.97. The average molecular weight is 434 g/mol. The van der Waals surface area contributed by atoms with Crippen molar-refractivity contribution >= 4 is 21.6 Å². The topological polar surface area (TPSA) is 59.3 Å². The van der Waals surface area contributed by atoms with E-state index in [1.807, 2.05) is 6.92 Å². The van der Waals surface area contributed by atoms with E-state index >= 15 is 0 Å². The highest BCUT2D eigenvalue weighted by atomic mass is 32.2. The van der Waals surface area contributed by atoms with Gasteiger partial charge in [-0.2, -0.15) is 11.8 Å². The first-order valence-electron chi connectivity index (χ1n) is 9.27. The van der Waals surface area contributed by atoms with Crippen LogP contribution in [-0.4, -0.2) is 42.5 Å². The highest BCUT2D eigenvalue weighted by Crippen LogP contribution is 2.31. The van der Waals surface area contributed by atoms with Crippen molar-refractivity contribution in [2.45, 2.75) is 18.2 Å². The molecule has 0 aliphatic rings. The SMILES string of the molecule is Cc1c(CCSCCO)cc(-c2ccc(S(C)(=O)=O)cc2)n1-c1ccc(F)cc1. The lowest BCUT2D eigenvalue weighted by Gasteiger charge is -2.13. The molecule has 0 fully saturated rings. The fourth-order valence-electron chi connectivity index (χ4n) is 3.27. The molecule has 0 atom stereocenters. The molecule has 4 nitrogen and oxygen atoms in total. The number of nitrogens with zero attached hydrogens (tertiary/aromatic N) is 1. The van der Waals surface area contributed by atoms with E-state index in [0.29, 0.717) is 5.75 Å². The zero-order valence-electron chi connectivity index (χ0n) is 16.4.